The molecule has 33 heavy (non-hydrogen) atoms. The number of aromatic nitrogens is 1. The number of carbonyl (C=O) groups excluding carboxylic acids is 1. The van der Waals surface area contributed by atoms with Gasteiger partial charge < -0.3 is 4.40 Å². The Morgan fingerprint density at radius 3 is 2.48 bits per heavy atom. The molecule has 0 fully saturated rings. The van der Waals surface area contributed by atoms with Crippen LogP contribution in [0.1, 0.15) is 38.3 Å². The Morgan fingerprint density at radius 1 is 1.03 bits per heavy atom. The predicted octanol–water partition coefficient (Wildman–Crippen LogP) is 4.55. The van der Waals surface area contributed by atoms with E-state index in [4.69, 9.17) is 0 Å². The number of fused-ring (bicyclic) bond motifs is 1. The number of halogens is 1. The van der Waals surface area contributed by atoms with Crippen LogP contribution in [0.15, 0.2) is 76.9 Å². The fourth-order valence-corrected chi connectivity index (χ4v) is 4.87. The summed E-state index contributed by atoms with van der Waals surface area (Å²) >= 11 is 0. The number of hydrogen-bond acceptors (Lipinski definition) is 4. The van der Waals surface area contributed by atoms with Crippen LogP contribution in [0.3, 0.4) is 0 Å². The molecular weight excluding hydrogens is 441 g/mol. The summed E-state index contributed by atoms with van der Waals surface area (Å²) in [4.78, 5) is 15.6. The molecule has 0 atom stereocenters. The molecule has 2 aromatic carbocycles. The van der Waals surface area contributed by atoms with Gasteiger partial charge in [-0.15, -0.1) is 0 Å². The Labute approximate surface area is 191 Å². The topological polar surface area (TPSA) is 80.0 Å². The van der Waals surface area contributed by atoms with E-state index in [1.165, 1.54) is 30.5 Å². The lowest BCUT2D eigenvalue weighted by Gasteiger charge is -2.07. The number of hydrogen-bond donors (Lipinski definition) is 1. The molecular formula is C25H22FN3O3S. The van der Waals surface area contributed by atoms with Gasteiger partial charge in [0.2, 0.25) is 5.78 Å². The molecule has 0 aliphatic heterocycles. The maximum Gasteiger partial charge on any atom is 0.276 e. The molecule has 0 saturated heterocycles. The zero-order valence-electron chi connectivity index (χ0n) is 18.3. The van der Waals surface area contributed by atoms with Crippen LogP contribution in [0, 0.1) is 26.6 Å². The summed E-state index contributed by atoms with van der Waals surface area (Å²) in [7, 11) is -3.86. The quantitative estimate of drug-likeness (QED) is 0.259. The second-order valence-electron chi connectivity index (χ2n) is 7.80. The first-order valence-electron chi connectivity index (χ1n) is 10.2. The minimum absolute atomic E-state index is 0.158. The van der Waals surface area contributed by atoms with Gasteiger partial charge >= 0.3 is 0 Å². The number of carbonyl (C=O) groups is 1. The average molecular weight is 464 g/mol. The molecule has 0 saturated carbocycles. The van der Waals surface area contributed by atoms with Gasteiger partial charge in [-0.3, -0.25) is 4.79 Å². The second-order valence-corrected chi connectivity index (χ2v) is 9.43. The summed E-state index contributed by atoms with van der Waals surface area (Å²) in [5.41, 5.74) is 4.10. The number of benzene rings is 2. The van der Waals surface area contributed by atoms with Crippen molar-refractivity contribution >= 4 is 27.5 Å². The Kier molecular flexibility index (Phi) is 5.86. The SMILES string of the molecule is Cc1ccc(C)c(S(=O)(=O)NN=Cc2c(C)c(C(=O)c3ccc(F)cc3)n3ccccc23)c1. The van der Waals surface area contributed by atoms with Gasteiger partial charge in [0.25, 0.3) is 10.0 Å². The highest BCUT2D eigenvalue weighted by Gasteiger charge is 2.21. The lowest BCUT2D eigenvalue weighted by Crippen LogP contribution is -2.19. The van der Waals surface area contributed by atoms with Crippen molar-refractivity contribution in [3.8, 4) is 0 Å². The highest BCUT2D eigenvalue weighted by atomic mass is 32.2. The summed E-state index contributed by atoms with van der Waals surface area (Å²) in [6.07, 6.45) is 3.14. The molecule has 0 bridgehead atoms. The van der Waals surface area contributed by atoms with Gasteiger partial charge in [-0.25, -0.2) is 9.22 Å². The minimum atomic E-state index is -3.86. The van der Waals surface area contributed by atoms with Crippen LogP contribution in [0.4, 0.5) is 4.39 Å². The van der Waals surface area contributed by atoms with Crippen molar-refractivity contribution in [2.45, 2.75) is 25.7 Å². The standard InChI is InChI=1S/C25H22FN3O3S/c1-16-7-8-17(2)23(14-16)33(31,32)28-27-15-21-18(3)24(29-13-5-4-6-22(21)29)25(30)19-9-11-20(26)12-10-19/h4-15,28H,1-3H3. The molecule has 1 N–H and O–H groups in total. The van der Waals surface area contributed by atoms with Crippen LogP contribution in [0.5, 0.6) is 0 Å². The number of rotatable bonds is 6. The normalized spacial score (nSPS) is 11.9. The molecule has 168 valence electrons. The van der Waals surface area contributed by atoms with E-state index in [-0.39, 0.29) is 10.7 Å². The number of sulfonamides is 1. The van der Waals surface area contributed by atoms with Crippen LogP contribution in [-0.2, 0) is 10.0 Å². The van der Waals surface area contributed by atoms with E-state index in [1.54, 1.807) is 42.6 Å². The van der Waals surface area contributed by atoms with E-state index in [0.29, 0.717) is 33.5 Å². The first kappa shape index (κ1) is 22.4. The number of aryl methyl sites for hydroxylation is 2. The Balaban J connectivity index is 1.72. The van der Waals surface area contributed by atoms with E-state index in [9.17, 15) is 17.6 Å². The largest absolute Gasteiger partial charge is 0.313 e. The predicted molar refractivity (Wildman–Crippen MR) is 126 cm³/mol. The lowest BCUT2D eigenvalue weighted by atomic mass is 10.0. The van der Waals surface area contributed by atoms with Crippen molar-refractivity contribution in [2.75, 3.05) is 0 Å². The molecule has 0 aliphatic carbocycles. The van der Waals surface area contributed by atoms with E-state index < -0.39 is 15.8 Å². The van der Waals surface area contributed by atoms with Gasteiger partial charge in [-0.1, -0.05) is 18.2 Å². The molecule has 8 heteroatoms. The average Bonchev–Trinajstić information content (AvgIpc) is 3.06. The molecule has 4 rings (SSSR count). The van der Waals surface area contributed by atoms with Gasteiger partial charge in [-0.05, 0) is 79.9 Å². The highest BCUT2D eigenvalue weighted by molar-refractivity contribution is 7.89. The van der Waals surface area contributed by atoms with E-state index in [2.05, 4.69) is 9.93 Å². The van der Waals surface area contributed by atoms with Gasteiger partial charge in [0.15, 0.2) is 0 Å². The van der Waals surface area contributed by atoms with Crippen molar-refractivity contribution in [1.82, 2.24) is 9.23 Å². The van der Waals surface area contributed by atoms with E-state index >= 15 is 0 Å². The van der Waals surface area contributed by atoms with Crippen LogP contribution in [0.2, 0.25) is 0 Å². The van der Waals surface area contributed by atoms with Gasteiger partial charge in [0, 0.05) is 17.3 Å². The van der Waals surface area contributed by atoms with E-state index in [1.807, 2.05) is 25.1 Å². The summed E-state index contributed by atoms with van der Waals surface area (Å²) in [6.45, 7) is 5.30. The summed E-state index contributed by atoms with van der Waals surface area (Å²) in [5.74, 6) is -0.698. The van der Waals surface area contributed by atoms with Crippen LogP contribution in [0.25, 0.3) is 5.52 Å². The smallest absolute Gasteiger partial charge is 0.276 e. The summed E-state index contributed by atoms with van der Waals surface area (Å²) in [5, 5.41) is 3.99. The third-order valence-electron chi connectivity index (χ3n) is 5.46. The zero-order chi connectivity index (χ0) is 23.8. The van der Waals surface area contributed by atoms with Crippen LogP contribution >= 0.6 is 0 Å². The molecule has 0 spiro atoms. The molecule has 0 amide bonds. The Hall–Kier alpha value is -3.78. The molecule has 0 unspecified atom stereocenters. The highest BCUT2D eigenvalue weighted by Crippen LogP contribution is 2.24. The monoisotopic (exact) mass is 463 g/mol. The van der Waals surface area contributed by atoms with Crippen molar-refractivity contribution in [2.24, 2.45) is 5.10 Å². The molecule has 4 aromatic rings. The number of ketones is 1. The number of pyridine rings is 1. The van der Waals surface area contributed by atoms with Crippen molar-refractivity contribution in [3.63, 3.8) is 0 Å². The van der Waals surface area contributed by atoms with Crippen LogP contribution < -0.4 is 4.83 Å². The minimum Gasteiger partial charge on any atom is -0.313 e. The number of hydrazone groups is 1. The fourth-order valence-electron chi connectivity index (χ4n) is 3.74. The third kappa shape index (κ3) is 4.29. The first-order valence-corrected chi connectivity index (χ1v) is 11.7. The van der Waals surface area contributed by atoms with Crippen LogP contribution in [-0.4, -0.2) is 24.8 Å². The second kappa shape index (κ2) is 8.63. The number of nitrogens with zero attached hydrogens (tertiary/aromatic N) is 2. The molecule has 2 aromatic heterocycles. The first-order chi connectivity index (χ1) is 15.7. The van der Waals surface area contributed by atoms with Gasteiger partial charge in [0.1, 0.15) is 5.82 Å². The Bertz CT molecular complexity index is 1500. The van der Waals surface area contributed by atoms with Gasteiger partial charge in [0.05, 0.1) is 22.3 Å². The fraction of sp³-hybridized carbons (Fsp3) is 0.120. The number of nitrogens with one attached hydrogen (secondary N) is 1. The molecule has 2 heterocycles. The van der Waals surface area contributed by atoms with E-state index in [0.717, 1.165) is 5.56 Å². The maximum absolute atomic E-state index is 13.3. The van der Waals surface area contributed by atoms with Crippen molar-refractivity contribution < 1.29 is 17.6 Å². The zero-order valence-corrected chi connectivity index (χ0v) is 19.2. The summed E-state index contributed by atoms with van der Waals surface area (Å²) in [6, 6.07) is 15.9. The molecule has 0 aliphatic rings. The lowest BCUT2D eigenvalue weighted by molar-refractivity contribution is 0.103. The van der Waals surface area contributed by atoms with Gasteiger partial charge in [-0.2, -0.15) is 13.5 Å². The Morgan fingerprint density at radius 2 is 1.76 bits per heavy atom. The maximum atomic E-state index is 13.3. The van der Waals surface area contributed by atoms with Crippen molar-refractivity contribution in [3.05, 3.63) is 106 Å². The molecule has 0 radical (unpaired) electrons. The summed E-state index contributed by atoms with van der Waals surface area (Å²) < 4.78 is 40.5. The van der Waals surface area contributed by atoms with Crippen molar-refractivity contribution in [1.29, 1.82) is 0 Å². The third-order valence-corrected chi connectivity index (χ3v) is 6.82. The molecule has 6 nitrogen and oxygen atoms in total.